The summed E-state index contributed by atoms with van der Waals surface area (Å²) in [7, 11) is 1.37. The van der Waals surface area contributed by atoms with Gasteiger partial charge in [0, 0.05) is 0 Å². The third-order valence-corrected chi connectivity index (χ3v) is 4.82. The second-order valence-electron chi connectivity index (χ2n) is 7.75. The molecule has 4 rings (SSSR count). The van der Waals surface area contributed by atoms with E-state index in [1.807, 2.05) is 13.8 Å². The Balaban J connectivity index is 1.50. The molecule has 0 aliphatic carbocycles. The van der Waals surface area contributed by atoms with Crippen molar-refractivity contribution in [3.05, 3.63) is 17.8 Å². The normalized spacial score (nSPS) is 36.9. The van der Waals surface area contributed by atoms with E-state index in [-0.39, 0.29) is 24.2 Å². The zero-order chi connectivity index (χ0) is 19.4. The molecule has 3 aliphatic rings. The average Bonchev–Trinajstić information content (AvgIpc) is 3.28. The van der Waals surface area contributed by atoms with Crippen molar-refractivity contribution < 1.29 is 42.0 Å². The van der Waals surface area contributed by atoms with Crippen LogP contribution in [0.1, 0.15) is 33.5 Å². The highest BCUT2D eigenvalue weighted by molar-refractivity contribution is 5.22. The van der Waals surface area contributed by atoms with Crippen LogP contribution >= 0.6 is 0 Å². The average molecular weight is 388 g/mol. The van der Waals surface area contributed by atoms with E-state index in [1.165, 1.54) is 13.4 Å². The highest BCUT2D eigenvalue weighted by atomic mass is 19.1. The molecule has 27 heavy (non-hydrogen) atoms. The molecule has 0 radical (unpaired) electrons. The Bertz CT molecular complexity index is 687. The zero-order valence-corrected chi connectivity index (χ0v) is 16.0. The lowest BCUT2D eigenvalue weighted by atomic mass is 10.1. The van der Waals surface area contributed by atoms with E-state index in [4.69, 9.17) is 37.6 Å². The summed E-state index contributed by atoms with van der Waals surface area (Å²) in [6.45, 7) is 7.51. The Morgan fingerprint density at radius 1 is 1.11 bits per heavy atom. The van der Waals surface area contributed by atoms with E-state index in [1.54, 1.807) is 13.8 Å². The van der Waals surface area contributed by atoms with Crippen LogP contribution in [0.2, 0.25) is 0 Å². The molecule has 4 heterocycles. The van der Waals surface area contributed by atoms with Crippen LogP contribution < -0.4 is 4.74 Å². The Hall–Kier alpha value is -1.23. The smallest absolute Gasteiger partial charge is 0.208 e. The lowest BCUT2D eigenvalue weighted by Crippen LogP contribution is -2.44. The van der Waals surface area contributed by atoms with Gasteiger partial charge in [-0.1, -0.05) is 0 Å². The summed E-state index contributed by atoms with van der Waals surface area (Å²) in [4.78, 5) is 0. The van der Waals surface area contributed by atoms with Gasteiger partial charge in [0.25, 0.3) is 0 Å². The van der Waals surface area contributed by atoms with Crippen molar-refractivity contribution in [3.63, 3.8) is 0 Å². The van der Waals surface area contributed by atoms with Crippen molar-refractivity contribution in [2.75, 3.05) is 13.7 Å². The van der Waals surface area contributed by atoms with Crippen molar-refractivity contribution in [2.24, 2.45) is 0 Å². The van der Waals surface area contributed by atoms with Crippen LogP contribution in [0.3, 0.4) is 0 Å². The molecule has 3 saturated heterocycles. The molecule has 0 saturated carbocycles. The van der Waals surface area contributed by atoms with E-state index in [0.29, 0.717) is 6.61 Å². The van der Waals surface area contributed by atoms with E-state index < -0.39 is 42.0 Å². The Kier molecular flexibility index (Phi) is 4.73. The summed E-state index contributed by atoms with van der Waals surface area (Å²) in [5.41, 5.74) is 0. The molecule has 5 atom stereocenters. The van der Waals surface area contributed by atoms with Gasteiger partial charge in [-0.25, -0.2) is 0 Å². The molecule has 0 amide bonds. The van der Waals surface area contributed by atoms with E-state index in [2.05, 4.69) is 0 Å². The topological polar surface area (TPSA) is 77.8 Å². The van der Waals surface area contributed by atoms with Gasteiger partial charge in [-0.2, -0.15) is 4.39 Å². The van der Waals surface area contributed by atoms with E-state index >= 15 is 0 Å². The molecule has 3 aliphatic heterocycles. The maximum Gasteiger partial charge on any atom is 0.208 e. The number of methoxy groups -OCH3 is 1. The summed E-state index contributed by atoms with van der Waals surface area (Å²) in [5.74, 6) is -2.03. The molecular formula is C18H25FO8. The number of hydrogen-bond acceptors (Lipinski definition) is 8. The maximum atomic E-state index is 14.2. The van der Waals surface area contributed by atoms with Gasteiger partial charge in [-0.3, -0.25) is 0 Å². The fraction of sp³-hybridized carbons (Fsp3) is 0.778. The Labute approximate surface area is 156 Å². The zero-order valence-electron chi connectivity index (χ0n) is 16.0. The van der Waals surface area contributed by atoms with Gasteiger partial charge < -0.3 is 37.6 Å². The van der Waals surface area contributed by atoms with Gasteiger partial charge in [0.2, 0.25) is 5.82 Å². The third-order valence-electron chi connectivity index (χ3n) is 4.82. The number of ether oxygens (including phenoxy) is 7. The van der Waals surface area contributed by atoms with Crippen molar-refractivity contribution in [1.82, 2.24) is 0 Å². The SMILES string of the molecule is COc1coc(CO[C@@H]2[C@H]3OC(C)(C)O[C@H]3O[C@@H]2[C@H]2COC(C)(C)O2)c1F. The van der Waals surface area contributed by atoms with E-state index in [0.717, 1.165) is 0 Å². The van der Waals surface area contributed by atoms with Crippen LogP contribution in [0.5, 0.6) is 5.75 Å². The maximum absolute atomic E-state index is 14.2. The van der Waals surface area contributed by atoms with Gasteiger partial charge in [0.15, 0.2) is 29.4 Å². The highest BCUT2D eigenvalue weighted by Crippen LogP contribution is 2.42. The molecule has 8 nitrogen and oxygen atoms in total. The molecule has 0 unspecified atom stereocenters. The number of fused-ring (bicyclic) bond motifs is 1. The molecule has 152 valence electrons. The van der Waals surface area contributed by atoms with Crippen molar-refractivity contribution >= 4 is 0 Å². The van der Waals surface area contributed by atoms with Crippen molar-refractivity contribution in [1.29, 1.82) is 0 Å². The minimum absolute atomic E-state index is 0.0292. The number of rotatable bonds is 5. The van der Waals surface area contributed by atoms with Gasteiger partial charge in [0.05, 0.1) is 13.7 Å². The first-order valence-corrected chi connectivity index (χ1v) is 8.93. The van der Waals surface area contributed by atoms with Crippen molar-refractivity contribution in [3.8, 4) is 5.75 Å². The van der Waals surface area contributed by atoms with Gasteiger partial charge in [0.1, 0.15) is 37.3 Å². The number of furan rings is 1. The molecule has 0 spiro atoms. The first-order valence-electron chi connectivity index (χ1n) is 8.93. The van der Waals surface area contributed by atoms with Crippen LogP contribution in [-0.2, 0) is 35.0 Å². The second kappa shape index (κ2) is 6.68. The minimum atomic E-state index is -0.798. The van der Waals surface area contributed by atoms with Crippen LogP contribution in [0.15, 0.2) is 10.7 Å². The lowest BCUT2D eigenvalue weighted by Gasteiger charge is -2.28. The van der Waals surface area contributed by atoms with Gasteiger partial charge in [-0.15, -0.1) is 0 Å². The van der Waals surface area contributed by atoms with Crippen LogP contribution in [0, 0.1) is 5.82 Å². The molecular weight excluding hydrogens is 363 g/mol. The number of halogens is 1. The van der Waals surface area contributed by atoms with Crippen LogP contribution in [0.4, 0.5) is 4.39 Å². The molecule has 9 heteroatoms. The standard InChI is InChI=1S/C18H25FO8/c1-17(2)23-8-11(25-17)13-14(15-16(24-13)27-18(3,4)26-15)22-7-10-12(19)9(20-5)6-21-10/h6,11,13-16H,7-8H2,1-5H3/t11-,13-,14+,15-,16-/m1/s1. The monoisotopic (exact) mass is 388 g/mol. The van der Waals surface area contributed by atoms with Gasteiger partial charge >= 0.3 is 0 Å². The summed E-state index contributed by atoms with van der Waals surface area (Å²) in [5, 5.41) is 0. The second-order valence-corrected chi connectivity index (χ2v) is 7.75. The molecule has 0 bridgehead atoms. The Morgan fingerprint density at radius 2 is 1.89 bits per heavy atom. The van der Waals surface area contributed by atoms with E-state index in [9.17, 15) is 4.39 Å². The van der Waals surface area contributed by atoms with Crippen molar-refractivity contribution in [2.45, 2.75) is 76.6 Å². The molecule has 1 aromatic heterocycles. The quantitative estimate of drug-likeness (QED) is 0.761. The molecule has 0 N–H and O–H groups in total. The predicted molar refractivity (Wildman–Crippen MR) is 87.4 cm³/mol. The summed E-state index contributed by atoms with van der Waals surface area (Å²) in [6, 6.07) is 0. The molecule has 1 aromatic rings. The Morgan fingerprint density at radius 3 is 2.52 bits per heavy atom. The highest BCUT2D eigenvalue weighted by Gasteiger charge is 2.59. The summed E-state index contributed by atoms with van der Waals surface area (Å²) in [6.07, 6.45) is -1.27. The third kappa shape index (κ3) is 3.59. The molecule has 0 aromatic carbocycles. The van der Waals surface area contributed by atoms with Crippen LogP contribution in [-0.4, -0.2) is 56.0 Å². The minimum Gasteiger partial charge on any atom is -0.491 e. The lowest BCUT2D eigenvalue weighted by molar-refractivity contribution is -0.237. The summed E-state index contributed by atoms with van der Waals surface area (Å²) >= 11 is 0. The fourth-order valence-corrected chi connectivity index (χ4v) is 3.64. The number of hydrogen-bond donors (Lipinski definition) is 0. The summed E-state index contributed by atoms with van der Waals surface area (Å²) < 4.78 is 59.6. The van der Waals surface area contributed by atoms with Crippen LogP contribution in [0.25, 0.3) is 0 Å². The predicted octanol–water partition coefficient (Wildman–Crippen LogP) is 2.34. The fourth-order valence-electron chi connectivity index (χ4n) is 3.64. The first-order chi connectivity index (χ1) is 12.7. The van der Waals surface area contributed by atoms with Gasteiger partial charge in [-0.05, 0) is 27.7 Å². The molecule has 3 fully saturated rings. The first kappa shape index (κ1) is 19.1. The largest absolute Gasteiger partial charge is 0.491 e.